The van der Waals surface area contributed by atoms with Crippen LogP contribution in [0.5, 0.6) is 0 Å². The lowest BCUT2D eigenvalue weighted by molar-refractivity contribution is 0.107. The van der Waals surface area contributed by atoms with E-state index in [1.165, 1.54) is 43.4 Å². The first-order valence-electron chi connectivity index (χ1n) is 10.5. The molecule has 1 saturated heterocycles. The summed E-state index contributed by atoms with van der Waals surface area (Å²) in [7, 11) is 0. The predicted octanol–water partition coefficient (Wildman–Crippen LogP) is 3.40. The summed E-state index contributed by atoms with van der Waals surface area (Å²) in [5, 5.41) is 8.04. The third kappa shape index (κ3) is 3.48. The van der Waals surface area contributed by atoms with E-state index in [4.69, 9.17) is 9.84 Å². The molecule has 0 aromatic carbocycles. The smallest absolute Gasteiger partial charge is 0.317 e. The molecule has 1 unspecified atom stereocenters. The first-order chi connectivity index (χ1) is 12.8. The number of hydrogen-bond donors (Lipinski definition) is 1. The van der Waals surface area contributed by atoms with Crippen LogP contribution in [-0.4, -0.2) is 40.4 Å². The van der Waals surface area contributed by atoms with Crippen molar-refractivity contribution in [3.63, 3.8) is 0 Å². The Labute approximate surface area is 156 Å². The monoisotopic (exact) mass is 360 g/mol. The number of nitrogens with zero attached hydrogens (tertiary/aromatic N) is 3. The Morgan fingerprint density at radius 3 is 2.88 bits per heavy atom. The van der Waals surface area contributed by atoms with Crippen LogP contribution in [0.15, 0.2) is 0 Å². The zero-order valence-corrected chi connectivity index (χ0v) is 16.0. The first kappa shape index (κ1) is 17.8. The molecule has 26 heavy (non-hydrogen) atoms. The van der Waals surface area contributed by atoms with E-state index in [-0.39, 0.29) is 12.1 Å². The summed E-state index contributed by atoms with van der Waals surface area (Å²) in [4.78, 5) is 14.4. The van der Waals surface area contributed by atoms with Gasteiger partial charge in [-0.05, 0) is 38.5 Å². The summed E-state index contributed by atoms with van der Waals surface area (Å²) >= 11 is 0. The van der Waals surface area contributed by atoms with Crippen LogP contribution in [0, 0.1) is 5.92 Å². The summed E-state index contributed by atoms with van der Waals surface area (Å²) in [6.45, 7) is 5.93. The number of hydrogen-bond acceptors (Lipinski definition) is 3. The van der Waals surface area contributed by atoms with Gasteiger partial charge >= 0.3 is 6.03 Å². The van der Waals surface area contributed by atoms with Gasteiger partial charge in [-0.2, -0.15) is 5.10 Å². The highest BCUT2D eigenvalue weighted by Gasteiger charge is 2.35. The summed E-state index contributed by atoms with van der Waals surface area (Å²) in [6, 6.07) is 0.145. The molecule has 2 amide bonds. The number of ether oxygens (including phenoxy) is 1. The maximum absolute atomic E-state index is 12.5. The molecule has 2 fully saturated rings. The number of urea groups is 1. The molecule has 1 atom stereocenters. The van der Waals surface area contributed by atoms with Crippen molar-refractivity contribution in [3.05, 3.63) is 17.0 Å². The lowest BCUT2D eigenvalue weighted by Gasteiger charge is -2.25. The number of fused-ring (bicyclic) bond motifs is 1. The van der Waals surface area contributed by atoms with Gasteiger partial charge < -0.3 is 15.0 Å². The Kier molecular flexibility index (Phi) is 5.48. The molecule has 1 saturated carbocycles. The normalized spacial score (nSPS) is 23.9. The van der Waals surface area contributed by atoms with Gasteiger partial charge in [0.15, 0.2) is 0 Å². The van der Waals surface area contributed by atoms with Crippen molar-refractivity contribution in [3.8, 4) is 0 Å². The van der Waals surface area contributed by atoms with Crippen LogP contribution in [0.4, 0.5) is 4.79 Å². The van der Waals surface area contributed by atoms with Crippen LogP contribution < -0.4 is 5.32 Å². The fourth-order valence-electron chi connectivity index (χ4n) is 4.91. The Morgan fingerprint density at radius 2 is 2.08 bits per heavy atom. The van der Waals surface area contributed by atoms with Gasteiger partial charge in [-0.1, -0.05) is 19.3 Å². The third-order valence-electron chi connectivity index (χ3n) is 6.24. The van der Waals surface area contributed by atoms with Crippen LogP contribution >= 0.6 is 0 Å². The molecule has 3 aliphatic rings. The van der Waals surface area contributed by atoms with Crippen LogP contribution in [-0.2, 0) is 24.3 Å². The van der Waals surface area contributed by atoms with Crippen molar-refractivity contribution in [2.45, 2.75) is 77.5 Å². The van der Waals surface area contributed by atoms with E-state index >= 15 is 0 Å². The van der Waals surface area contributed by atoms with Gasteiger partial charge in [-0.3, -0.25) is 4.68 Å². The quantitative estimate of drug-likeness (QED) is 0.895. The van der Waals surface area contributed by atoms with Gasteiger partial charge in [0.1, 0.15) is 0 Å². The van der Waals surface area contributed by atoms with Crippen molar-refractivity contribution in [1.82, 2.24) is 20.0 Å². The Morgan fingerprint density at radius 1 is 1.23 bits per heavy atom. The van der Waals surface area contributed by atoms with Gasteiger partial charge in [0.05, 0.1) is 24.9 Å². The Bertz CT molecular complexity index is 636. The SMILES string of the molecule is CCNC(=O)N1CCCC1c1nn(CC2CCCCC2)c2c1COCC2. The standard InChI is InChI=1S/C20H32N4O2/c1-2-21-20(25)23-11-6-9-18(23)19-16-14-26-12-10-17(16)24(22-19)13-15-7-4-3-5-8-15/h15,18H,2-14H2,1H3,(H,21,25). The molecular weight excluding hydrogens is 328 g/mol. The second-order valence-corrected chi connectivity index (χ2v) is 7.99. The zero-order chi connectivity index (χ0) is 17.9. The van der Waals surface area contributed by atoms with Gasteiger partial charge in [0.25, 0.3) is 0 Å². The lowest BCUT2D eigenvalue weighted by atomic mass is 9.89. The highest BCUT2D eigenvalue weighted by atomic mass is 16.5. The van der Waals surface area contributed by atoms with Crippen LogP contribution in [0.3, 0.4) is 0 Å². The molecule has 0 bridgehead atoms. The van der Waals surface area contributed by atoms with E-state index < -0.39 is 0 Å². The molecule has 0 spiro atoms. The maximum atomic E-state index is 12.5. The number of rotatable bonds is 4. The minimum Gasteiger partial charge on any atom is -0.376 e. The molecular formula is C20H32N4O2. The summed E-state index contributed by atoms with van der Waals surface area (Å²) in [5.74, 6) is 0.756. The summed E-state index contributed by atoms with van der Waals surface area (Å²) in [6.07, 6.45) is 9.76. The molecule has 6 nitrogen and oxygen atoms in total. The maximum Gasteiger partial charge on any atom is 0.317 e. The number of carbonyl (C=O) groups excluding carboxylic acids is 1. The largest absolute Gasteiger partial charge is 0.376 e. The van der Waals surface area contributed by atoms with Crippen LogP contribution in [0.2, 0.25) is 0 Å². The second kappa shape index (κ2) is 7.99. The van der Waals surface area contributed by atoms with E-state index in [0.29, 0.717) is 13.2 Å². The van der Waals surface area contributed by atoms with Gasteiger partial charge in [-0.15, -0.1) is 0 Å². The first-order valence-corrected chi connectivity index (χ1v) is 10.5. The minimum atomic E-state index is 0.0438. The van der Waals surface area contributed by atoms with E-state index in [1.807, 2.05) is 11.8 Å². The van der Waals surface area contributed by atoms with E-state index in [1.54, 1.807) is 0 Å². The predicted molar refractivity (Wildman–Crippen MR) is 99.9 cm³/mol. The molecule has 1 aromatic rings. The molecule has 0 radical (unpaired) electrons. The van der Waals surface area contributed by atoms with Gasteiger partial charge in [0.2, 0.25) is 0 Å². The molecule has 1 N–H and O–H groups in total. The number of carbonyl (C=O) groups is 1. The van der Waals surface area contributed by atoms with E-state index in [9.17, 15) is 4.79 Å². The van der Waals surface area contributed by atoms with Crippen molar-refractivity contribution in [2.24, 2.45) is 5.92 Å². The van der Waals surface area contributed by atoms with Gasteiger partial charge in [0, 0.05) is 37.3 Å². The highest BCUT2D eigenvalue weighted by molar-refractivity contribution is 5.75. The zero-order valence-electron chi connectivity index (χ0n) is 16.0. The van der Waals surface area contributed by atoms with Crippen LogP contribution in [0.1, 0.15) is 74.9 Å². The van der Waals surface area contributed by atoms with Crippen molar-refractivity contribution in [1.29, 1.82) is 0 Å². The van der Waals surface area contributed by atoms with E-state index in [2.05, 4.69) is 10.00 Å². The van der Waals surface area contributed by atoms with Crippen molar-refractivity contribution < 1.29 is 9.53 Å². The minimum absolute atomic E-state index is 0.0438. The van der Waals surface area contributed by atoms with E-state index in [0.717, 1.165) is 50.6 Å². The Balaban J connectivity index is 1.60. The molecule has 4 rings (SSSR count). The molecule has 1 aliphatic carbocycles. The van der Waals surface area contributed by atoms with Crippen LogP contribution in [0.25, 0.3) is 0 Å². The highest BCUT2D eigenvalue weighted by Crippen LogP contribution is 2.36. The third-order valence-corrected chi connectivity index (χ3v) is 6.24. The number of aromatic nitrogens is 2. The molecule has 6 heteroatoms. The second-order valence-electron chi connectivity index (χ2n) is 7.99. The van der Waals surface area contributed by atoms with Crippen molar-refractivity contribution >= 4 is 6.03 Å². The number of nitrogens with one attached hydrogen (secondary N) is 1. The molecule has 1 aromatic heterocycles. The lowest BCUT2D eigenvalue weighted by Crippen LogP contribution is -2.39. The Hall–Kier alpha value is -1.56. The van der Waals surface area contributed by atoms with Crippen molar-refractivity contribution in [2.75, 3.05) is 19.7 Å². The molecule has 2 aliphatic heterocycles. The summed E-state index contributed by atoms with van der Waals surface area (Å²) in [5.41, 5.74) is 3.71. The number of amides is 2. The summed E-state index contributed by atoms with van der Waals surface area (Å²) < 4.78 is 8.05. The fourth-order valence-corrected chi connectivity index (χ4v) is 4.91. The molecule has 144 valence electrons. The van der Waals surface area contributed by atoms with Gasteiger partial charge in [-0.25, -0.2) is 4.79 Å². The average Bonchev–Trinajstić information content (AvgIpc) is 3.28. The topological polar surface area (TPSA) is 59.4 Å². The fraction of sp³-hybridized carbons (Fsp3) is 0.800. The average molecular weight is 361 g/mol. The molecule has 3 heterocycles. The number of likely N-dealkylation sites (tertiary alicyclic amines) is 1.